The predicted molar refractivity (Wildman–Crippen MR) is 77.2 cm³/mol. The molecule has 2 heterocycles. The molecule has 0 radical (unpaired) electrons. The van der Waals surface area contributed by atoms with E-state index in [2.05, 4.69) is 9.97 Å². The predicted octanol–water partition coefficient (Wildman–Crippen LogP) is 3.05. The third kappa shape index (κ3) is 2.04. The molecule has 0 aliphatic heterocycles. The maximum absolute atomic E-state index is 14.7. The molecule has 0 aliphatic carbocycles. The fraction of sp³-hybridized carbons (Fsp3) is 0.0625. The van der Waals surface area contributed by atoms with Crippen LogP contribution < -0.4 is 5.56 Å². The van der Waals surface area contributed by atoms with Crippen molar-refractivity contribution in [3.63, 3.8) is 0 Å². The molecule has 0 fully saturated rings. The Morgan fingerprint density at radius 1 is 1.32 bits per heavy atom. The third-order valence-electron chi connectivity index (χ3n) is 3.35. The highest BCUT2D eigenvalue weighted by Crippen LogP contribution is 2.32. The number of halogens is 2. The Hall–Kier alpha value is -3.07. The largest absolute Gasteiger partial charge is 0.325 e. The van der Waals surface area contributed by atoms with Crippen LogP contribution in [0, 0.1) is 29.9 Å². The van der Waals surface area contributed by atoms with Gasteiger partial charge in [0.15, 0.2) is 0 Å². The molecule has 0 saturated heterocycles. The lowest BCUT2D eigenvalue weighted by Gasteiger charge is -2.10. The number of hydrogen-bond acceptors (Lipinski definition) is 3. The lowest BCUT2D eigenvalue weighted by Crippen LogP contribution is -2.13. The first kappa shape index (κ1) is 13.9. The molecular formula is C16H9F2N3O. The summed E-state index contributed by atoms with van der Waals surface area (Å²) in [5.74, 6) is -1.71. The van der Waals surface area contributed by atoms with E-state index in [9.17, 15) is 13.6 Å². The van der Waals surface area contributed by atoms with Crippen LogP contribution in [-0.4, -0.2) is 9.97 Å². The highest BCUT2D eigenvalue weighted by Gasteiger charge is 2.20. The van der Waals surface area contributed by atoms with Crippen molar-refractivity contribution in [2.45, 2.75) is 6.92 Å². The lowest BCUT2D eigenvalue weighted by atomic mass is 9.98. The average molecular weight is 297 g/mol. The molecular weight excluding hydrogens is 288 g/mol. The Morgan fingerprint density at radius 3 is 2.82 bits per heavy atom. The minimum atomic E-state index is -0.870. The molecule has 22 heavy (non-hydrogen) atoms. The Labute approximate surface area is 123 Å². The summed E-state index contributed by atoms with van der Waals surface area (Å²) in [6.45, 7) is 1.57. The molecule has 3 rings (SSSR count). The van der Waals surface area contributed by atoms with Crippen LogP contribution in [0.1, 0.15) is 11.3 Å². The van der Waals surface area contributed by atoms with Gasteiger partial charge in [-0.3, -0.25) is 9.78 Å². The number of aromatic amines is 1. The van der Waals surface area contributed by atoms with Gasteiger partial charge in [0.25, 0.3) is 5.56 Å². The first-order valence-electron chi connectivity index (χ1n) is 6.40. The summed E-state index contributed by atoms with van der Waals surface area (Å²) in [5.41, 5.74) is -0.893. The second-order valence-electron chi connectivity index (χ2n) is 4.80. The molecule has 0 unspecified atom stereocenters. The van der Waals surface area contributed by atoms with Crippen LogP contribution in [0.3, 0.4) is 0 Å². The van der Waals surface area contributed by atoms with Crippen molar-refractivity contribution in [2.75, 3.05) is 0 Å². The van der Waals surface area contributed by atoms with Gasteiger partial charge in [0.1, 0.15) is 23.3 Å². The summed E-state index contributed by atoms with van der Waals surface area (Å²) in [6, 6.07) is 7.16. The van der Waals surface area contributed by atoms with E-state index in [0.29, 0.717) is 5.69 Å². The molecule has 2 aromatic heterocycles. The topological polar surface area (TPSA) is 69.5 Å². The average Bonchev–Trinajstić information content (AvgIpc) is 2.47. The van der Waals surface area contributed by atoms with Gasteiger partial charge in [0, 0.05) is 28.9 Å². The number of aryl methyl sites for hydroxylation is 1. The molecule has 0 spiro atoms. The first-order valence-corrected chi connectivity index (χ1v) is 6.40. The molecule has 108 valence electrons. The lowest BCUT2D eigenvalue weighted by molar-refractivity contribution is 0.597. The van der Waals surface area contributed by atoms with Gasteiger partial charge in [0.2, 0.25) is 0 Å². The zero-order valence-electron chi connectivity index (χ0n) is 11.4. The molecule has 1 aromatic carbocycles. The minimum absolute atomic E-state index is 0.0653. The maximum atomic E-state index is 14.7. The van der Waals surface area contributed by atoms with Crippen LogP contribution in [0.5, 0.6) is 0 Å². The van der Waals surface area contributed by atoms with Crippen molar-refractivity contribution < 1.29 is 8.78 Å². The molecule has 0 atom stereocenters. The molecule has 0 saturated carbocycles. The zero-order chi connectivity index (χ0) is 15.9. The van der Waals surface area contributed by atoms with Crippen molar-refractivity contribution in [2.24, 2.45) is 0 Å². The summed E-state index contributed by atoms with van der Waals surface area (Å²) in [4.78, 5) is 18.2. The number of pyridine rings is 2. The minimum Gasteiger partial charge on any atom is -0.325 e. The number of H-pyrrole nitrogens is 1. The van der Waals surface area contributed by atoms with Gasteiger partial charge in [-0.2, -0.15) is 5.26 Å². The van der Waals surface area contributed by atoms with Crippen LogP contribution in [0.2, 0.25) is 0 Å². The molecule has 0 amide bonds. The standard InChI is InChI=1S/C16H9F2N3O/c1-8-5-10(11(7-19)16(22)21-8)14-12(17)6-13-9(15(14)18)3-2-4-20-13/h2-6H,1H3,(H,21,22). The summed E-state index contributed by atoms with van der Waals surface area (Å²) in [6.07, 6.45) is 1.43. The van der Waals surface area contributed by atoms with Gasteiger partial charge in [0.05, 0.1) is 11.1 Å². The summed E-state index contributed by atoms with van der Waals surface area (Å²) >= 11 is 0. The quantitative estimate of drug-likeness (QED) is 0.750. The second-order valence-corrected chi connectivity index (χ2v) is 4.80. The van der Waals surface area contributed by atoms with E-state index in [1.165, 1.54) is 24.4 Å². The van der Waals surface area contributed by atoms with Crippen molar-refractivity contribution in [3.8, 4) is 17.2 Å². The van der Waals surface area contributed by atoms with Crippen LogP contribution in [0.4, 0.5) is 8.78 Å². The highest BCUT2D eigenvalue weighted by atomic mass is 19.1. The molecule has 0 aliphatic rings. The monoisotopic (exact) mass is 297 g/mol. The number of benzene rings is 1. The van der Waals surface area contributed by atoms with Crippen LogP contribution in [-0.2, 0) is 0 Å². The SMILES string of the molecule is Cc1cc(-c2c(F)cc3ncccc3c2F)c(C#N)c(=O)[nH]1. The van der Waals surface area contributed by atoms with Gasteiger partial charge < -0.3 is 4.98 Å². The van der Waals surface area contributed by atoms with E-state index < -0.39 is 22.8 Å². The number of rotatable bonds is 1. The first-order chi connectivity index (χ1) is 10.5. The smallest absolute Gasteiger partial charge is 0.266 e. The number of nitriles is 1. The highest BCUT2D eigenvalue weighted by molar-refractivity contribution is 5.87. The van der Waals surface area contributed by atoms with Crippen molar-refractivity contribution in [3.05, 3.63) is 63.7 Å². The molecule has 1 N–H and O–H groups in total. The van der Waals surface area contributed by atoms with Gasteiger partial charge in [-0.05, 0) is 25.1 Å². The molecule has 0 bridgehead atoms. The number of nitrogens with one attached hydrogen (secondary N) is 1. The van der Waals surface area contributed by atoms with E-state index in [0.717, 1.165) is 6.07 Å². The fourth-order valence-corrected chi connectivity index (χ4v) is 2.39. The fourth-order valence-electron chi connectivity index (χ4n) is 2.39. The van der Waals surface area contributed by atoms with E-state index in [1.54, 1.807) is 13.0 Å². The number of hydrogen-bond donors (Lipinski definition) is 1. The summed E-state index contributed by atoms with van der Waals surface area (Å²) < 4.78 is 29.0. The van der Waals surface area contributed by atoms with Crippen LogP contribution in [0.25, 0.3) is 22.0 Å². The van der Waals surface area contributed by atoms with E-state index >= 15 is 0 Å². The third-order valence-corrected chi connectivity index (χ3v) is 3.35. The Bertz CT molecular complexity index is 1000. The van der Waals surface area contributed by atoms with Crippen LogP contribution in [0.15, 0.2) is 35.3 Å². The Balaban J connectivity index is 2.47. The summed E-state index contributed by atoms with van der Waals surface area (Å²) in [7, 11) is 0. The van der Waals surface area contributed by atoms with E-state index in [-0.39, 0.29) is 22.0 Å². The molecule has 6 heteroatoms. The molecule has 4 nitrogen and oxygen atoms in total. The van der Waals surface area contributed by atoms with Crippen molar-refractivity contribution >= 4 is 10.9 Å². The number of aromatic nitrogens is 2. The van der Waals surface area contributed by atoms with Crippen molar-refractivity contribution in [1.29, 1.82) is 5.26 Å². The maximum Gasteiger partial charge on any atom is 0.266 e. The van der Waals surface area contributed by atoms with Gasteiger partial charge in [-0.25, -0.2) is 8.78 Å². The Kier molecular flexibility index (Phi) is 3.18. The van der Waals surface area contributed by atoms with Crippen LogP contribution >= 0.6 is 0 Å². The van der Waals surface area contributed by atoms with Gasteiger partial charge in [-0.1, -0.05) is 0 Å². The molecule has 3 aromatic rings. The van der Waals surface area contributed by atoms with Crippen molar-refractivity contribution in [1.82, 2.24) is 9.97 Å². The number of nitrogens with zero attached hydrogens (tertiary/aromatic N) is 2. The van der Waals surface area contributed by atoms with Gasteiger partial charge in [-0.15, -0.1) is 0 Å². The Morgan fingerprint density at radius 2 is 2.09 bits per heavy atom. The summed E-state index contributed by atoms with van der Waals surface area (Å²) in [5, 5.41) is 9.24. The second kappa shape index (κ2) is 5.04. The van der Waals surface area contributed by atoms with Gasteiger partial charge >= 0.3 is 0 Å². The van der Waals surface area contributed by atoms with E-state index in [1.807, 2.05) is 0 Å². The van der Waals surface area contributed by atoms with E-state index in [4.69, 9.17) is 5.26 Å². The normalized spacial score (nSPS) is 10.6. The number of fused-ring (bicyclic) bond motifs is 1. The zero-order valence-corrected chi connectivity index (χ0v) is 11.4.